The Morgan fingerprint density at radius 3 is 2.75 bits per heavy atom. The molecule has 1 saturated heterocycles. The summed E-state index contributed by atoms with van der Waals surface area (Å²) in [4.78, 5) is 23.3. The number of likely N-dealkylation sites (tertiary alicyclic amines) is 1. The second-order valence-electron chi connectivity index (χ2n) is 7.98. The average Bonchev–Trinajstić information content (AvgIpc) is 3.36. The van der Waals surface area contributed by atoms with Crippen molar-refractivity contribution in [1.29, 1.82) is 0 Å². The maximum absolute atomic E-state index is 13.2. The van der Waals surface area contributed by atoms with Crippen LogP contribution in [0.4, 0.5) is 13.2 Å². The molecule has 1 aliphatic rings. The first-order valence-electron chi connectivity index (χ1n) is 10.1. The van der Waals surface area contributed by atoms with Gasteiger partial charge in [-0.1, -0.05) is 0 Å². The van der Waals surface area contributed by atoms with Gasteiger partial charge in [0.05, 0.1) is 5.56 Å². The molecule has 5 rings (SSSR count). The number of hydrogen-bond donors (Lipinski definition) is 0. The van der Waals surface area contributed by atoms with Gasteiger partial charge in [-0.15, -0.1) is 15.3 Å². The highest BCUT2D eigenvalue weighted by atomic mass is 19.4. The van der Waals surface area contributed by atoms with E-state index in [0.717, 1.165) is 23.7 Å². The summed E-state index contributed by atoms with van der Waals surface area (Å²) in [5.74, 6) is 0.187. The zero-order valence-electron chi connectivity index (χ0n) is 17.3. The van der Waals surface area contributed by atoms with Crippen LogP contribution in [0.2, 0.25) is 0 Å². The number of fused-ring (bicyclic) bond motifs is 2. The number of carbonyl (C=O) groups is 1. The zero-order valence-corrected chi connectivity index (χ0v) is 17.3. The number of amides is 1. The van der Waals surface area contributed by atoms with Crippen LogP contribution in [0.3, 0.4) is 0 Å². The highest BCUT2D eigenvalue weighted by Crippen LogP contribution is 2.31. The average molecular weight is 444 g/mol. The van der Waals surface area contributed by atoms with Gasteiger partial charge in [0.25, 0.3) is 11.7 Å². The molecule has 4 aromatic rings. The molecule has 0 aliphatic carbocycles. The SMILES string of the molecule is Cc1cc(C)n2nc(C(=O)N3CCCC(c4nnc5ccc(C(F)(F)F)cn45)C3)nc2n1. The molecule has 4 aromatic heterocycles. The second-order valence-corrected chi connectivity index (χ2v) is 7.98. The molecule has 0 spiro atoms. The topological polar surface area (TPSA) is 93.6 Å². The van der Waals surface area contributed by atoms with E-state index in [0.29, 0.717) is 36.6 Å². The summed E-state index contributed by atoms with van der Waals surface area (Å²) >= 11 is 0. The largest absolute Gasteiger partial charge is 0.417 e. The standard InChI is InChI=1S/C20H19F3N8O/c1-11-8-12(2)31-19(24-11)25-16(28-31)18(32)29-7-3-4-13(9-29)17-27-26-15-6-5-14(10-30(15)17)20(21,22)23/h5-6,8,10,13H,3-4,7,9H2,1-2H3. The van der Waals surface area contributed by atoms with E-state index in [1.165, 1.54) is 15.0 Å². The van der Waals surface area contributed by atoms with Crippen LogP contribution in [-0.2, 0) is 6.18 Å². The van der Waals surface area contributed by atoms with Gasteiger partial charge in [0.2, 0.25) is 5.82 Å². The van der Waals surface area contributed by atoms with Crippen molar-refractivity contribution < 1.29 is 18.0 Å². The third-order valence-corrected chi connectivity index (χ3v) is 5.64. The zero-order chi connectivity index (χ0) is 22.6. The Morgan fingerprint density at radius 1 is 1.16 bits per heavy atom. The number of piperidine rings is 1. The first-order chi connectivity index (χ1) is 15.2. The predicted octanol–water partition coefficient (Wildman–Crippen LogP) is 2.82. The van der Waals surface area contributed by atoms with Crippen LogP contribution in [0.15, 0.2) is 24.4 Å². The van der Waals surface area contributed by atoms with Crippen molar-refractivity contribution in [2.45, 2.75) is 38.8 Å². The molecule has 0 bridgehead atoms. The Balaban J connectivity index is 1.43. The Kier molecular flexibility index (Phi) is 4.60. The van der Waals surface area contributed by atoms with Crippen LogP contribution in [0.25, 0.3) is 11.4 Å². The lowest BCUT2D eigenvalue weighted by atomic mass is 9.97. The smallest absolute Gasteiger partial charge is 0.335 e. The van der Waals surface area contributed by atoms with Crippen molar-refractivity contribution in [3.05, 3.63) is 53.0 Å². The molecule has 1 unspecified atom stereocenters. The number of nitrogens with zero attached hydrogens (tertiary/aromatic N) is 8. The van der Waals surface area contributed by atoms with E-state index in [-0.39, 0.29) is 24.2 Å². The van der Waals surface area contributed by atoms with Gasteiger partial charge in [-0.2, -0.15) is 18.2 Å². The molecule has 0 radical (unpaired) electrons. The van der Waals surface area contributed by atoms with Gasteiger partial charge in [0, 0.05) is 36.6 Å². The quantitative estimate of drug-likeness (QED) is 0.472. The molecule has 12 heteroatoms. The van der Waals surface area contributed by atoms with Crippen LogP contribution in [0, 0.1) is 13.8 Å². The lowest BCUT2D eigenvalue weighted by Gasteiger charge is -2.31. The fourth-order valence-electron chi connectivity index (χ4n) is 4.13. The van der Waals surface area contributed by atoms with Crippen molar-refractivity contribution in [2.24, 2.45) is 0 Å². The summed E-state index contributed by atoms with van der Waals surface area (Å²) in [6, 6.07) is 4.12. The molecule has 32 heavy (non-hydrogen) atoms. The first kappa shape index (κ1) is 20.3. The summed E-state index contributed by atoms with van der Waals surface area (Å²) < 4.78 is 42.4. The molecule has 1 aliphatic heterocycles. The summed E-state index contributed by atoms with van der Waals surface area (Å²) in [5, 5.41) is 12.4. The fraction of sp³-hybridized carbons (Fsp3) is 0.400. The number of aryl methyl sites for hydroxylation is 2. The molecule has 0 N–H and O–H groups in total. The van der Waals surface area contributed by atoms with E-state index in [2.05, 4.69) is 25.3 Å². The third-order valence-electron chi connectivity index (χ3n) is 5.64. The Labute approximate surface area is 179 Å². The van der Waals surface area contributed by atoms with Gasteiger partial charge >= 0.3 is 6.18 Å². The fourth-order valence-corrected chi connectivity index (χ4v) is 4.13. The highest BCUT2D eigenvalue weighted by Gasteiger charge is 2.33. The minimum absolute atomic E-state index is 0.0392. The summed E-state index contributed by atoms with van der Waals surface area (Å²) in [6.07, 6.45) is -2.11. The normalized spacial score (nSPS) is 17.4. The molecule has 1 fully saturated rings. The van der Waals surface area contributed by atoms with E-state index >= 15 is 0 Å². The highest BCUT2D eigenvalue weighted by molar-refractivity contribution is 5.91. The number of halogens is 3. The van der Waals surface area contributed by atoms with Gasteiger partial charge in [-0.25, -0.2) is 9.50 Å². The van der Waals surface area contributed by atoms with E-state index < -0.39 is 11.7 Å². The van der Waals surface area contributed by atoms with E-state index in [9.17, 15) is 18.0 Å². The maximum atomic E-state index is 13.2. The van der Waals surface area contributed by atoms with Crippen LogP contribution in [0.1, 0.15) is 52.2 Å². The number of carbonyl (C=O) groups excluding carboxylic acids is 1. The van der Waals surface area contributed by atoms with Crippen molar-refractivity contribution in [1.82, 2.24) is 39.1 Å². The summed E-state index contributed by atoms with van der Waals surface area (Å²) in [5.41, 5.74) is 1.14. The molecule has 1 amide bonds. The van der Waals surface area contributed by atoms with Gasteiger partial charge in [-0.05, 0) is 44.9 Å². The molecule has 166 valence electrons. The van der Waals surface area contributed by atoms with E-state index in [1.807, 2.05) is 19.9 Å². The molecule has 9 nitrogen and oxygen atoms in total. The van der Waals surface area contributed by atoms with Gasteiger partial charge < -0.3 is 4.90 Å². The van der Waals surface area contributed by atoms with Crippen LogP contribution in [-0.4, -0.2) is 58.1 Å². The first-order valence-corrected chi connectivity index (χ1v) is 10.1. The van der Waals surface area contributed by atoms with E-state index in [1.54, 1.807) is 4.90 Å². The predicted molar refractivity (Wildman–Crippen MR) is 106 cm³/mol. The number of alkyl halides is 3. The van der Waals surface area contributed by atoms with Crippen molar-refractivity contribution in [2.75, 3.05) is 13.1 Å². The Bertz CT molecular complexity index is 1340. The Morgan fingerprint density at radius 2 is 1.97 bits per heavy atom. The van der Waals surface area contributed by atoms with Crippen molar-refractivity contribution in [3.63, 3.8) is 0 Å². The monoisotopic (exact) mass is 444 g/mol. The molecule has 1 atom stereocenters. The maximum Gasteiger partial charge on any atom is 0.417 e. The molecule has 0 aromatic carbocycles. The van der Waals surface area contributed by atoms with Gasteiger partial charge in [0.1, 0.15) is 5.82 Å². The molecular weight excluding hydrogens is 425 g/mol. The van der Waals surface area contributed by atoms with Crippen LogP contribution in [0.5, 0.6) is 0 Å². The minimum atomic E-state index is -4.47. The molecule has 0 saturated carbocycles. The summed E-state index contributed by atoms with van der Waals surface area (Å²) in [6.45, 7) is 4.48. The van der Waals surface area contributed by atoms with Crippen molar-refractivity contribution >= 4 is 17.3 Å². The minimum Gasteiger partial charge on any atom is -0.335 e. The number of aromatic nitrogens is 7. The van der Waals surface area contributed by atoms with Gasteiger partial charge in [-0.3, -0.25) is 9.20 Å². The third kappa shape index (κ3) is 3.45. The lowest BCUT2D eigenvalue weighted by molar-refractivity contribution is -0.137. The van der Waals surface area contributed by atoms with Crippen LogP contribution < -0.4 is 0 Å². The van der Waals surface area contributed by atoms with Crippen LogP contribution >= 0.6 is 0 Å². The number of rotatable bonds is 2. The van der Waals surface area contributed by atoms with E-state index in [4.69, 9.17) is 0 Å². The summed E-state index contributed by atoms with van der Waals surface area (Å²) in [7, 11) is 0. The van der Waals surface area contributed by atoms with Crippen molar-refractivity contribution in [3.8, 4) is 0 Å². The number of hydrogen-bond acceptors (Lipinski definition) is 6. The number of pyridine rings is 1. The van der Waals surface area contributed by atoms with Gasteiger partial charge in [0.15, 0.2) is 5.65 Å². The molecule has 5 heterocycles. The Hall–Kier alpha value is -3.57. The second kappa shape index (κ2) is 7.24. The lowest BCUT2D eigenvalue weighted by Crippen LogP contribution is -2.40. The molecular formula is C20H19F3N8O.